The average molecular weight is 288 g/mol. The number of aromatic nitrogens is 2. The van der Waals surface area contributed by atoms with Gasteiger partial charge >= 0.3 is 0 Å². The number of nitrogens with zero attached hydrogens (tertiary/aromatic N) is 2. The van der Waals surface area contributed by atoms with Gasteiger partial charge in [-0.15, -0.1) is 0 Å². The maximum Gasteiger partial charge on any atom is 0.0721 e. The van der Waals surface area contributed by atoms with Gasteiger partial charge in [0.2, 0.25) is 0 Å². The normalized spacial score (nSPS) is 11.6. The molecule has 1 aromatic carbocycles. The van der Waals surface area contributed by atoms with Gasteiger partial charge < -0.3 is 8.97 Å². The van der Waals surface area contributed by atoms with Crippen LogP contribution in [0, 0.1) is 27.7 Å². The van der Waals surface area contributed by atoms with Gasteiger partial charge in [-0.2, -0.15) is 0 Å². The molecule has 0 fully saturated rings. The first-order valence-electron chi connectivity index (χ1n) is 7.73. The van der Waals surface area contributed by atoms with Crippen molar-refractivity contribution in [2.75, 3.05) is 0 Å². The molecule has 3 heterocycles. The van der Waals surface area contributed by atoms with Gasteiger partial charge in [-0.05, 0) is 56.5 Å². The zero-order valence-electron chi connectivity index (χ0n) is 13.5. The summed E-state index contributed by atoms with van der Waals surface area (Å²) in [5, 5.41) is 1.36. The van der Waals surface area contributed by atoms with Crippen molar-refractivity contribution in [3.8, 4) is 5.69 Å². The number of para-hydroxylation sites is 1. The molecule has 4 aromatic rings. The fourth-order valence-electron chi connectivity index (χ4n) is 3.64. The fraction of sp³-hybridized carbons (Fsp3) is 0.200. The van der Waals surface area contributed by atoms with E-state index in [0.717, 1.165) is 0 Å². The molecule has 22 heavy (non-hydrogen) atoms. The molecule has 0 spiro atoms. The standard InChI is InChI=1S/C20H20N2/c1-13-8-7-9-14(2)20(13)22-16(4)15(3)19-17-10-5-6-11-21(17)12-18(19)22/h5-12H,1-4H3. The Bertz CT molecular complexity index is 995. The third-order valence-corrected chi connectivity index (χ3v) is 4.82. The highest BCUT2D eigenvalue weighted by molar-refractivity contribution is 6.00. The van der Waals surface area contributed by atoms with Crippen molar-refractivity contribution in [1.29, 1.82) is 0 Å². The lowest BCUT2D eigenvalue weighted by atomic mass is 10.1. The van der Waals surface area contributed by atoms with Gasteiger partial charge in [0.1, 0.15) is 0 Å². The topological polar surface area (TPSA) is 9.34 Å². The minimum atomic E-state index is 1.28. The molecule has 0 aliphatic carbocycles. The Morgan fingerprint density at radius 3 is 2.23 bits per heavy atom. The summed E-state index contributed by atoms with van der Waals surface area (Å²) in [6.45, 7) is 8.84. The van der Waals surface area contributed by atoms with Crippen LogP contribution in [0.3, 0.4) is 0 Å². The molecule has 0 unspecified atom stereocenters. The van der Waals surface area contributed by atoms with E-state index in [1.54, 1.807) is 0 Å². The van der Waals surface area contributed by atoms with Crippen molar-refractivity contribution < 1.29 is 0 Å². The lowest BCUT2D eigenvalue weighted by molar-refractivity contribution is 1.00. The van der Waals surface area contributed by atoms with Crippen LogP contribution in [0.1, 0.15) is 22.4 Å². The summed E-state index contributed by atoms with van der Waals surface area (Å²) < 4.78 is 4.64. The van der Waals surface area contributed by atoms with E-state index in [1.807, 2.05) is 0 Å². The molecule has 0 saturated heterocycles. The molecule has 0 N–H and O–H groups in total. The minimum absolute atomic E-state index is 1.28. The number of fused-ring (bicyclic) bond motifs is 3. The molecule has 2 heteroatoms. The highest BCUT2D eigenvalue weighted by atomic mass is 15.0. The van der Waals surface area contributed by atoms with Crippen molar-refractivity contribution in [3.05, 3.63) is 71.2 Å². The highest BCUT2D eigenvalue weighted by Gasteiger charge is 2.18. The van der Waals surface area contributed by atoms with Gasteiger partial charge in [-0.3, -0.25) is 0 Å². The van der Waals surface area contributed by atoms with Gasteiger partial charge in [0.15, 0.2) is 0 Å². The van der Waals surface area contributed by atoms with Crippen LogP contribution in [0.25, 0.3) is 22.1 Å². The van der Waals surface area contributed by atoms with Crippen LogP contribution in [0.15, 0.2) is 48.8 Å². The number of hydrogen-bond acceptors (Lipinski definition) is 0. The number of rotatable bonds is 1. The largest absolute Gasteiger partial charge is 0.321 e. The van der Waals surface area contributed by atoms with Crippen LogP contribution >= 0.6 is 0 Å². The van der Waals surface area contributed by atoms with E-state index < -0.39 is 0 Å². The lowest BCUT2D eigenvalue weighted by Crippen LogP contribution is -2.02. The van der Waals surface area contributed by atoms with E-state index in [0.29, 0.717) is 0 Å². The predicted octanol–water partition coefficient (Wildman–Crippen LogP) is 5.12. The molecular weight excluding hydrogens is 268 g/mol. The number of aryl methyl sites for hydroxylation is 3. The number of pyridine rings is 1. The summed E-state index contributed by atoms with van der Waals surface area (Å²) >= 11 is 0. The second-order valence-corrected chi connectivity index (χ2v) is 6.17. The van der Waals surface area contributed by atoms with E-state index >= 15 is 0 Å². The second-order valence-electron chi connectivity index (χ2n) is 6.17. The SMILES string of the molecule is Cc1cccc(C)c1-n1c(C)c(C)c2c1cn1ccccc21. The third kappa shape index (κ3) is 1.61. The lowest BCUT2D eigenvalue weighted by Gasteiger charge is -2.14. The Kier molecular flexibility index (Phi) is 2.70. The predicted molar refractivity (Wildman–Crippen MR) is 93.2 cm³/mol. The van der Waals surface area contributed by atoms with E-state index in [9.17, 15) is 0 Å². The zero-order chi connectivity index (χ0) is 15.4. The monoisotopic (exact) mass is 288 g/mol. The van der Waals surface area contributed by atoms with Gasteiger partial charge in [0.25, 0.3) is 0 Å². The van der Waals surface area contributed by atoms with Gasteiger partial charge in [0, 0.05) is 23.5 Å². The Hall–Kier alpha value is -2.48. The Balaban J connectivity index is 2.21. The quantitative estimate of drug-likeness (QED) is 0.460. The molecule has 0 aliphatic rings. The molecule has 3 aromatic heterocycles. The van der Waals surface area contributed by atoms with Crippen molar-refractivity contribution in [3.63, 3.8) is 0 Å². The first-order chi connectivity index (χ1) is 10.6. The maximum atomic E-state index is 2.42. The molecule has 0 aliphatic heterocycles. The smallest absolute Gasteiger partial charge is 0.0721 e. The molecule has 0 amide bonds. The van der Waals surface area contributed by atoms with E-state index in [4.69, 9.17) is 0 Å². The second kappa shape index (κ2) is 4.51. The van der Waals surface area contributed by atoms with Gasteiger partial charge in [-0.1, -0.05) is 24.3 Å². The first-order valence-corrected chi connectivity index (χ1v) is 7.73. The maximum absolute atomic E-state index is 2.42. The van der Waals surface area contributed by atoms with Crippen LogP contribution in [0.4, 0.5) is 0 Å². The number of hydrogen-bond donors (Lipinski definition) is 0. The Morgan fingerprint density at radius 1 is 0.773 bits per heavy atom. The summed E-state index contributed by atoms with van der Waals surface area (Å²) in [4.78, 5) is 0. The third-order valence-electron chi connectivity index (χ3n) is 4.82. The minimum Gasteiger partial charge on any atom is -0.321 e. The van der Waals surface area contributed by atoms with Crippen molar-refractivity contribution in [2.24, 2.45) is 0 Å². The van der Waals surface area contributed by atoms with Crippen LogP contribution < -0.4 is 0 Å². The van der Waals surface area contributed by atoms with Crippen LogP contribution in [0.5, 0.6) is 0 Å². The molecule has 0 atom stereocenters. The van der Waals surface area contributed by atoms with E-state index in [1.165, 1.54) is 44.5 Å². The highest BCUT2D eigenvalue weighted by Crippen LogP contribution is 2.34. The molecule has 110 valence electrons. The molecule has 2 nitrogen and oxygen atoms in total. The summed E-state index contributed by atoms with van der Waals surface area (Å²) in [6.07, 6.45) is 4.37. The van der Waals surface area contributed by atoms with Crippen LogP contribution in [-0.2, 0) is 0 Å². The van der Waals surface area contributed by atoms with E-state index in [-0.39, 0.29) is 0 Å². The molecule has 0 bridgehead atoms. The van der Waals surface area contributed by atoms with Crippen LogP contribution in [-0.4, -0.2) is 8.97 Å². The zero-order valence-corrected chi connectivity index (χ0v) is 13.5. The fourth-order valence-corrected chi connectivity index (χ4v) is 3.64. The summed E-state index contributed by atoms with van der Waals surface area (Å²) in [5.41, 5.74) is 9.21. The van der Waals surface area contributed by atoms with Crippen molar-refractivity contribution in [1.82, 2.24) is 8.97 Å². The van der Waals surface area contributed by atoms with Crippen molar-refractivity contribution >= 4 is 16.4 Å². The molecule has 0 saturated carbocycles. The Morgan fingerprint density at radius 2 is 1.50 bits per heavy atom. The summed E-state index contributed by atoms with van der Waals surface area (Å²) in [7, 11) is 0. The Labute approximate surface area is 130 Å². The first kappa shape index (κ1) is 13.2. The van der Waals surface area contributed by atoms with Crippen molar-refractivity contribution in [2.45, 2.75) is 27.7 Å². The van der Waals surface area contributed by atoms with Gasteiger partial charge in [-0.25, -0.2) is 0 Å². The average Bonchev–Trinajstić information content (AvgIpc) is 2.98. The summed E-state index contributed by atoms with van der Waals surface area (Å²) in [5.74, 6) is 0. The molecule has 0 radical (unpaired) electrons. The molecular formula is C20H20N2. The van der Waals surface area contributed by atoms with Gasteiger partial charge in [0.05, 0.1) is 16.7 Å². The summed E-state index contributed by atoms with van der Waals surface area (Å²) in [6, 6.07) is 12.9. The van der Waals surface area contributed by atoms with Crippen LogP contribution in [0.2, 0.25) is 0 Å². The van der Waals surface area contributed by atoms with E-state index in [2.05, 4.69) is 85.5 Å². The molecule has 4 rings (SSSR count). The number of benzene rings is 1.